The minimum atomic E-state index is -0.452. The summed E-state index contributed by atoms with van der Waals surface area (Å²) in [7, 11) is 0. The molecule has 0 spiro atoms. The molecule has 0 radical (unpaired) electrons. The molecule has 0 aliphatic heterocycles. The third-order valence-corrected chi connectivity index (χ3v) is 2.13. The van der Waals surface area contributed by atoms with E-state index in [0.29, 0.717) is 12.4 Å². The molecule has 0 heterocycles. The second-order valence-corrected chi connectivity index (χ2v) is 3.24. The standard InChI is InChI=1S/C11H16FNO2.ClH/c1-2-15-11-7-8(3-4-10(11)14)9(13)5-6-12;/h3-4,7,9,14H,2,5-6,13H2,1H3;1H/t9-;/m0./s1. The predicted molar refractivity (Wildman–Crippen MR) is 64.0 cm³/mol. The maximum absolute atomic E-state index is 12.1. The first-order valence-electron chi connectivity index (χ1n) is 4.96. The van der Waals surface area contributed by atoms with Gasteiger partial charge in [0.15, 0.2) is 11.5 Å². The number of ether oxygens (including phenoxy) is 1. The Hall–Kier alpha value is -1.00. The Kier molecular flexibility index (Phi) is 6.85. The van der Waals surface area contributed by atoms with E-state index in [2.05, 4.69) is 0 Å². The summed E-state index contributed by atoms with van der Waals surface area (Å²) in [5, 5.41) is 9.44. The van der Waals surface area contributed by atoms with Crippen molar-refractivity contribution in [1.82, 2.24) is 0 Å². The minimum absolute atomic E-state index is 0. The molecule has 1 aromatic carbocycles. The molecule has 0 aliphatic carbocycles. The van der Waals surface area contributed by atoms with Gasteiger partial charge in [-0.15, -0.1) is 12.4 Å². The van der Waals surface area contributed by atoms with Crippen LogP contribution < -0.4 is 10.5 Å². The molecule has 5 heteroatoms. The number of benzene rings is 1. The molecule has 16 heavy (non-hydrogen) atoms. The molecule has 92 valence electrons. The molecule has 0 saturated heterocycles. The van der Waals surface area contributed by atoms with Crippen LogP contribution >= 0.6 is 12.4 Å². The Morgan fingerprint density at radius 3 is 2.75 bits per heavy atom. The molecular weight excluding hydrogens is 233 g/mol. The van der Waals surface area contributed by atoms with Gasteiger partial charge in [0, 0.05) is 6.04 Å². The summed E-state index contributed by atoms with van der Waals surface area (Å²) in [6.07, 6.45) is 0.274. The summed E-state index contributed by atoms with van der Waals surface area (Å²) in [5.74, 6) is 0.470. The zero-order valence-corrected chi connectivity index (χ0v) is 9.97. The van der Waals surface area contributed by atoms with Crippen LogP contribution in [0.15, 0.2) is 18.2 Å². The van der Waals surface area contributed by atoms with Crippen molar-refractivity contribution in [1.29, 1.82) is 0 Å². The first-order chi connectivity index (χ1) is 7.19. The summed E-state index contributed by atoms with van der Waals surface area (Å²) in [5.41, 5.74) is 6.52. The molecule has 1 atom stereocenters. The van der Waals surface area contributed by atoms with E-state index < -0.39 is 6.67 Å². The van der Waals surface area contributed by atoms with Crippen LogP contribution in [0.1, 0.15) is 24.9 Å². The van der Waals surface area contributed by atoms with Gasteiger partial charge in [-0.1, -0.05) is 6.07 Å². The molecular formula is C11H17ClFNO2. The van der Waals surface area contributed by atoms with Gasteiger partial charge in [0.25, 0.3) is 0 Å². The number of rotatable bonds is 5. The van der Waals surface area contributed by atoms with E-state index in [1.54, 1.807) is 12.1 Å². The molecule has 1 rings (SSSR count). The van der Waals surface area contributed by atoms with Gasteiger partial charge in [0.05, 0.1) is 13.3 Å². The van der Waals surface area contributed by atoms with E-state index in [1.807, 2.05) is 6.92 Å². The van der Waals surface area contributed by atoms with Crippen molar-refractivity contribution >= 4 is 12.4 Å². The Morgan fingerprint density at radius 2 is 2.19 bits per heavy atom. The third-order valence-electron chi connectivity index (χ3n) is 2.13. The van der Waals surface area contributed by atoms with Crippen molar-refractivity contribution in [2.45, 2.75) is 19.4 Å². The molecule has 0 unspecified atom stereocenters. The van der Waals surface area contributed by atoms with Crippen LogP contribution in [0.3, 0.4) is 0 Å². The van der Waals surface area contributed by atoms with E-state index in [-0.39, 0.29) is 30.6 Å². The number of hydrogen-bond donors (Lipinski definition) is 2. The summed E-state index contributed by atoms with van der Waals surface area (Å²) in [6, 6.07) is 4.49. The number of aromatic hydroxyl groups is 1. The van der Waals surface area contributed by atoms with Crippen LogP contribution in [0.2, 0.25) is 0 Å². The molecule has 0 fully saturated rings. The molecule has 0 amide bonds. The minimum Gasteiger partial charge on any atom is -0.504 e. The van der Waals surface area contributed by atoms with E-state index in [1.165, 1.54) is 6.07 Å². The fourth-order valence-corrected chi connectivity index (χ4v) is 1.32. The zero-order chi connectivity index (χ0) is 11.3. The molecule has 3 nitrogen and oxygen atoms in total. The maximum atomic E-state index is 12.1. The van der Waals surface area contributed by atoms with Gasteiger partial charge in [-0.3, -0.25) is 4.39 Å². The lowest BCUT2D eigenvalue weighted by atomic mass is 10.0. The van der Waals surface area contributed by atoms with E-state index >= 15 is 0 Å². The highest BCUT2D eigenvalue weighted by molar-refractivity contribution is 5.85. The normalized spacial score (nSPS) is 11.7. The van der Waals surface area contributed by atoms with Crippen molar-refractivity contribution in [3.63, 3.8) is 0 Å². The maximum Gasteiger partial charge on any atom is 0.161 e. The van der Waals surface area contributed by atoms with Gasteiger partial charge >= 0.3 is 0 Å². The average molecular weight is 250 g/mol. The summed E-state index contributed by atoms with van der Waals surface area (Å²) >= 11 is 0. The molecule has 0 saturated carbocycles. The summed E-state index contributed by atoms with van der Waals surface area (Å²) in [6.45, 7) is 1.84. The quantitative estimate of drug-likeness (QED) is 0.843. The SMILES string of the molecule is CCOc1cc([C@@H](N)CCF)ccc1O.Cl. The number of phenolic OH excluding ortho intramolecular Hbond substituents is 1. The lowest BCUT2D eigenvalue weighted by Crippen LogP contribution is -2.11. The molecule has 3 N–H and O–H groups in total. The van der Waals surface area contributed by atoms with Gasteiger partial charge in [-0.2, -0.15) is 0 Å². The number of hydrogen-bond acceptors (Lipinski definition) is 3. The highest BCUT2D eigenvalue weighted by Crippen LogP contribution is 2.29. The first kappa shape index (κ1) is 15.0. The van der Waals surface area contributed by atoms with Crippen LogP contribution in [0, 0.1) is 0 Å². The number of alkyl halides is 1. The number of nitrogens with two attached hydrogens (primary N) is 1. The van der Waals surface area contributed by atoms with Gasteiger partial charge in [-0.05, 0) is 31.0 Å². The van der Waals surface area contributed by atoms with Crippen LogP contribution in [0.4, 0.5) is 4.39 Å². The monoisotopic (exact) mass is 249 g/mol. The highest BCUT2D eigenvalue weighted by Gasteiger charge is 2.09. The van der Waals surface area contributed by atoms with Gasteiger partial charge < -0.3 is 15.6 Å². The molecule has 0 bridgehead atoms. The smallest absolute Gasteiger partial charge is 0.161 e. The van der Waals surface area contributed by atoms with Crippen LogP contribution in [0.5, 0.6) is 11.5 Å². The fourth-order valence-electron chi connectivity index (χ4n) is 1.32. The Morgan fingerprint density at radius 1 is 1.50 bits per heavy atom. The van der Waals surface area contributed by atoms with Crippen molar-refractivity contribution in [3.8, 4) is 11.5 Å². The van der Waals surface area contributed by atoms with E-state index in [0.717, 1.165) is 5.56 Å². The van der Waals surface area contributed by atoms with Gasteiger partial charge in [0.1, 0.15) is 0 Å². The van der Waals surface area contributed by atoms with Crippen molar-refractivity contribution in [2.75, 3.05) is 13.3 Å². The third kappa shape index (κ3) is 3.87. The topological polar surface area (TPSA) is 55.5 Å². The van der Waals surface area contributed by atoms with E-state index in [9.17, 15) is 9.50 Å². The molecule has 1 aromatic rings. The van der Waals surface area contributed by atoms with Crippen LogP contribution in [0.25, 0.3) is 0 Å². The average Bonchev–Trinajstić information content (AvgIpc) is 2.22. The summed E-state index contributed by atoms with van der Waals surface area (Å²) in [4.78, 5) is 0. The zero-order valence-electron chi connectivity index (χ0n) is 9.15. The predicted octanol–water partition coefficient (Wildman–Crippen LogP) is 2.57. The van der Waals surface area contributed by atoms with Crippen molar-refractivity contribution < 1.29 is 14.2 Å². The Balaban J connectivity index is 0.00000225. The van der Waals surface area contributed by atoms with Crippen LogP contribution in [-0.2, 0) is 0 Å². The van der Waals surface area contributed by atoms with E-state index in [4.69, 9.17) is 10.5 Å². The Labute approximate surface area is 101 Å². The summed E-state index contributed by atoms with van der Waals surface area (Å²) < 4.78 is 17.3. The Bertz CT molecular complexity index is 323. The van der Waals surface area contributed by atoms with Crippen molar-refractivity contribution in [2.24, 2.45) is 5.73 Å². The number of phenols is 1. The van der Waals surface area contributed by atoms with Crippen molar-refractivity contribution in [3.05, 3.63) is 23.8 Å². The second kappa shape index (κ2) is 7.30. The largest absolute Gasteiger partial charge is 0.504 e. The number of halogens is 2. The fraction of sp³-hybridized carbons (Fsp3) is 0.455. The molecule has 0 aliphatic rings. The first-order valence-corrected chi connectivity index (χ1v) is 4.96. The highest BCUT2D eigenvalue weighted by atomic mass is 35.5. The van der Waals surface area contributed by atoms with Crippen LogP contribution in [-0.4, -0.2) is 18.4 Å². The lowest BCUT2D eigenvalue weighted by Gasteiger charge is -2.12. The lowest BCUT2D eigenvalue weighted by molar-refractivity contribution is 0.317. The van der Waals surface area contributed by atoms with Gasteiger partial charge in [-0.25, -0.2) is 0 Å². The molecule has 0 aromatic heterocycles. The second-order valence-electron chi connectivity index (χ2n) is 3.24. The van der Waals surface area contributed by atoms with Gasteiger partial charge in [0.2, 0.25) is 0 Å².